The SMILES string of the molecule is Cc1c(Cn2cnc3c(cnn3-c3ccccc3[N+](=O)[O-])c2=O)cccc1[N+](=O)[O-]. The van der Waals surface area contributed by atoms with Crippen molar-refractivity contribution in [3.63, 3.8) is 0 Å². The third-order valence-corrected chi connectivity index (χ3v) is 4.82. The first-order valence-corrected chi connectivity index (χ1v) is 8.78. The molecular formula is C19H14N6O5. The number of nitrogens with zero attached hydrogens (tertiary/aromatic N) is 6. The lowest BCUT2D eigenvalue weighted by molar-refractivity contribution is -0.385. The Morgan fingerprint density at radius 1 is 1.00 bits per heavy atom. The van der Waals surface area contributed by atoms with Crippen LogP contribution in [0, 0.1) is 27.2 Å². The minimum Gasteiger partial charge on any atom is -0.294 e. The second-order valence-corrected chi connectivity index (χ2v) is 6.54. The van der Waals surface area contributed by atoms with Gasteiger partial charge in [-0.2, -0.15) is 5.10 Å². The molecule has 11 heteroatoms. The van der Waals surface area contributed by atoms with E-state index in [4.69, 9.17) is 0 Å². The molecule has 0 N–H and O–H groups in total. The van der Waals surface area contributed by atoms with Crippen molar-refractivity contribution < 1.29 is 9.85 Å². The summed E-state index contributed by atoms with van der Waals surface area (Å²) in [6.45, 7) is 1.71. The van der Waals surface area contributed by atoms with E-state index < -0.39 is 15.4 Å². The summed E-state index contributed by atoms with van der Waals surface area (Å²) in [5.74, 6) is 0. The predicted octanol–water partition coefficient (Wildman–Crippen LogP) is 2.76. The molecule has 2 aromatic carbocycles. The van der Waals surface area contributed by atoms with E-state index in [0.717, 1.165) is 0 Å². The Morgan fingerprint density at radius 3 is 2.43 bits per heavy atom. The number of nitro groups is 2. The molecule has 0 bridgehead atoms. The van der Waals surface area contributed by atoms with Crippen molar-refractivity contribution in [2.45, 2.75) is 13.5 Å². The number of hydrogen-bond acceptors (Lipinski definition) is 7. The molecule has 0 fully saturated rings. The lowest BCUT2D eigenvalue weighted by Crippen LogP contribution is -2.21. The standard InChI is InChI=1S/C19H14N6O5/c1-12-13(5-4-8-15(12)24(27)28)10-22-11-20-18-14(19(22)26)9-21-23(18)16-6-2-3-7-17(16)25(29)30/h2-9,11H,10H2,1H3. The summed E-state index contributed by atoms with van der Waals surface area (Å²) >= 11 is 0. The molecule has 2 heterocycles. The first kappa shape index (κ1) is 18.9. The van der Waals surface area contributed by atoms with E-state index in [-0.39, 0.29) is 34.6 Å². The van der Waals surface area contributed by atoms with Gasteiger partial charge < -0.3 is 0 Å². The molecule has 2 aromatic heterocycles. The Bertz CT molecular complexity index is 1370. The van der Waals surface area contributed by atoms with Gasteiger partial charge in [0, 0.05) is 17.7 Å². The van der Waals surface area contributed by atoms with Gasteiger partial charge in [0.1, 0.15) is 17.4 Å². The Balaban J connectivity index is 1.80. The molecule has 30 heavy (non-hydrogen) atoms. The van der Waals surface area contributed by atoms with Gasteiger partial charge >= 0.3 is 0 Å². The van der Waals surface area contributed by atoms with Crippen molar-refractivity contribution in [2.24, 2.45) is 0 Å². The number of rotatable bonds is 5. The van der Waals surface area contributed by atoms with E-state index in [2.05, 4.69) is 10.1 Å². The molecule has 150 valence electrons. The van der Waals surface area contributed by atoms with Gasteiger partial charge in [0.15, 0.2) is 5.65 Å². The van der Waals surface area contributed by atoms with Gasteiger partial charge in [0.25, 0.3) is 16.9 Å². The topological polar surface area (TPSA) is 139 Å². The Morgan fingerprint density at radius 2 is 1.70 bits per heavy atom. The maximum atomic E-state index is 12.9. The third kappa shape index (κ3) is 3.07. The molecule has 0 amide bonds. The van der Waals surface area contributed by atoms with Crippen LogP contribution in [0.1, 0.15) is 11.1 Å². The van der Waals surface area contributed by atoms with E-state index in [1.807, 2.05) is 0 Å². The molecule has 0 unspecified atom stereocenters. The lowest BCUT2D eigenvalue weighted by atomic mass is 10.1. The van der Waals surface area contributed by atoms with Crippen LogP contribution in [-0.2, 0) is 6.54 Å². The third-order valence-electron chi connectivity index (χ3n) is 4.82. The quantitative estimate of drug-likeness (QED) is 0.367. The van der Waals surface area contributed by atoms with Gasteiger partial charge in [0.2, 0.25) is 0 Å². The summed E-state index contributed by atoms with van der Waals surface area (Å²) in [7, 11) is 0. The zero-order valence-electron chi connectivity index (χ0n) is 15.6. The Kier molecular flexibility index (Phi) is 4.54. The zero-order chi connectivity index (χ0) is 21.4. The normalized spacial score (nSPS) is 11.0. The number of benzene rings is 2. The zero-order valence-corrected chi connectivity index (χ0v) is 15.6. The molecule has 4 rings (SSSR count). The number of nitro benzene ring substituents is 2. The van der Waals surface area contributed by atoms with Crippen LogP contribution in [0.5, 0.6) is 0 Å². The summed E-state index contributed by atoms with van der Waals surface area (Å²) in [5.41, 5.74) is 0.844. The number of hydrogen-bond donors (Lipinski definition) is 0. The molecule has 0 saturated heterocycles. The molecular weight excluding hydrogens is 392 g/mol. The highest BCUT2D eigenvalue weighted by Gasteiger charge is 2.20. The van der Waals surface area contributed by atoms with E-state index >= 15 is 0 Å². The molecule has 0 atom stereocenters. The monoisotopic (exact) mass is 406 g/mol. The first-order valence-electron chi connectivity index (χ1n) is 8.78. The van der Waals surface area contributed by atoms with E-state index in [1.165, 1.54) is 46.0 Å². The number of fused-ring (bicyclic) bond motifs is 1. The molecule has 0 spiro atoms. The van der Waals surface area contributed by atoms with Gasteiger partial charge in [-0.15, -0.1) is 0 Å². The highest BCUT2D eigenvalue weighted by atomic mass is 16.6. The molecule has 0 aliphatic heterocycles. The molecule has 0 aliphatic carbocycles. The Hall–Kier alpha value is -4.41. The van der Waals surface area contributed by atoms with Crippen LogP contribution in [0.3, 0.4) is 0 Å². The molecule has 4 aromatic rings. The van der Waals surface area contributed by atoms with Crippen LogP contribution in [0.15, 0.2) is 59.8 Å². The van der Waals surface area contributed by atoms with Gasteiger partial charge in [-0.1, -0.05) is 24.3 Å². The summed E-state index contributed by atoms with van der Waals surface area (Å²) in [5, 5.41) is 26.8. The summed E-state index contributed by atoms with van der Waals surface area (Å²) < 4.78 is 2.57. The van der Waals surface area contributed by atoms with Gasteiger partial charge in [0.05, 0.1) is 22.6 Å². The van der Waals surface area contributed by atoms with Crippen LogP contribution in [0.2, 0.25) is 0 Å². The highest BCUT2D eigenvalue weighted by Crippen LogP contribution is 2.24. The predicted molar refractivity (Wildman–Crippen MR) is 107 cm³/mol. The second-order valence-electron chi connectivity index (χ2n) is 6.54. The fourth-order valence-electron chi connectivity index (χ4n) is 3.26. The van der Waals surface area contributed by atoms with E-state index in [9.17, 15) is 25.0 Å². The molecule has 0 radical (unpaired) electrons. The molecule has 0 saturated carbocycles. The smallest absolute Gasteiger partial charge is 0.294 e. The van der Waals surface area contributed by atoms with E-state index in [0.29, 0.717) is 11.1 Å². The number of para-hydroxylation sites is 2. The van der Waals surface area contributed by atoms with Gasteiger partial charge in [-0.25, -0.2) is 9.67 Å². The van der Waals surface area contributed by atoms with Crippen LogP contribution < -0.4 is 5.56 Å². The van der Waals surface area contributed by atoms with Gasteiger partial charge in [-0.3, -0.25) is 29.6 Å². The van der Waals surface area contributed by atoms with Crippen LogP contribution in [0.25, 0.3) is 16.7 Å². The maximum absolute atomic E-state index is 12.9. The van der Waals surface area contributed by atoms with E-state index in [1.54, 1.807) is 25.1 Å². The van der Waals surface area contributed by atoms with Gasteiger partial charge in [-0.05, 0) is 18.6 Å². The average molecular weight is 406 g/mol. The summed E-state index contributed by atoms with van der Waals surface area (Å²) in [4.78, 5) is 38.7. The van der Waals surface area contributed by atoms with Crippen LogP contribution in [-0.4, -0.2) is 29.2 Å². The minimum absolute atomic E-state index is 0.0289. The fraction of sp³-hybridized carbons (Fsp3) is 0.105. The summed E-state index contributed by atoms with van der Waals surface area (Å²) in [6, 6.07) is 10.7. The molecule has 0 aliphatic rings. The average Bonchev–Trinajstić information content (AvgIpc) is 3.16. The van der Waals surface area contributed by atoms with Crippen molar-refractivity contribution in [3.8, 4) is 5.69 Å². The fourth-order valence-corrected chi connectivity index (χ4v) is 3.26. The van der Waals surface area contributed by atoms with Crippen molar-refractivity contribution in [1.29, 1.82) is 0 Å². The maximum Gasteiger partial charge on any atom is 0.294 e. The van der Waals surface area contributed by atoms with Crippen LogP contribution in [0.4, 0.5) is 11.4 Å². The lowest BCUT2D eigenvalue weighted by Gasteiger charge is -2.09. The second kappa shape index (κ2) is 7.20. The van der Waals surface area contributed by atoms with Crippen molar-refractivity contribution in [1.82, 2.24) is 19.3 Å². The number of aromatic nitrogens is 4. The largest absolute Gasteiger partial charge is 0.294 e. The van der Waals surface area contributed by atoms with Crippen molar-refractivity contribution in [2.75, 3.05) is 0 Å². The minimum atomic E-state index is -0.533. The first-order chi connectivity index (χ1) is 14.4. The summed E-state index contributed by atoms with van der Waals surface area (Å²) in [6.07, 6.45) is 2.61. The highest BCUT2D eigenvalue weighted by molar-refractivity contribution is 5.76. The van der Waals surface area contributed by atoms with Crippen molar-refractivity contribution >= 4 is 22.4 Å². The van der Waals surface area contributed by atoms with Crippen LogP contribution >= 0.6 is 0 Å². The molecule has 11 nitrogen and oxygen atoms in total. The van der Waals surface area contributed by atoms with Crippen molar-refractivity contribution in [3.05, 3.63) is 96.7 Å². The Labute approximate surface area is 168 Å².